The summed E-state index contributed by atoms with van der Waals surface area (Å²) in [5, 5.41) is 4.83. The molecule has 0 unspecified atom stereocenters. The van der Waals surface area contributed by atoms with Crippen molar-refractivity contribution >= 4 is 23.1 Å². The second kappa shape index (κ2) is 5.47. The topological polar surface area (TPSA) is 41.5 Å². The Morgan fingerprint density at radius 1 is 1.10 bits per heavy atom. The van der Waals surface area contributed by atoms with Crippen molar-refractivity contribution in [1.29, 1.82) is 0 Å². The molecule has 0 bridgehead atoms. The SMILES string of the molecule is O=C(C1=NNC[C@@H]1c1ccccc1Cl)c1ccccc1. The zero-order valence-corrected chi connectivity index (χ0v) is 11.5. The van der Waals surface area contributed by atoms with E-state index in [9.17, 15) is 4.79 Å². The van der Waals surface area contributed by atoms with Gasteiger partial charge in [0.25, 0.3) is 0 Å². The van der Waals surface area contributed by atoms with Crippen molar-refractivity contribution < 1.29 is 4.79 Å². The molecule has 1 aliphatic rings. The minimum Gasteiger partial charge on any atom is -0.309 e. The molecule has 100 valence electrons. The largest absolute Gasteiger partial charge is 0.309 e. The Bertz CT molecular complexity index is 667. The smallest absolute Gasteiger partial charge is 0.209 e. The lowest BCUT2D eigenvalue weighted by Gasteiger charge is -2.13. The number of nitrogens with zero attached hydrogens (tertiary/aromatic N) is 1. The molecule has 2 aromatic rings. The van der Waals surface area contributed by atoms with Gasteiger partial charge in [0, 0.05) is 17.1 Å². The van der Waals surface area contributed by atoms with Gasteiger partial charge in [-0.1, -0.05) is 60.1 Å². The van der Waals surface area contributed by atoms with Crippen LogP contribution in [0.4, 0.5) is 0 Å². The standard InChI is InChI=1S/C16H13ClN2O/c17-14-9-5-4-8-12(14)13-10-18-19-15(13)16(20)11-6-2-1-3-7-11/h1-9,13,18H,10H2/t13-/m1/s1. The molecule has 1 N–H and O–H groups in total. The second-order valence-corrected chi connectivity index (χ2v) is 5.04. The Kier molecular flexibility index (Phi) is 3.52. The number of Topliss-reactive ketones (excluding diaryl/α,β-unsaturated/α-hetero) is 1. The molecule has 0 fully saturated rings. The number of rotatable bonds is 3. The lowest BCUT2D eigenvalue weighted by Crippen LogP contribution is -2.21. The van der Waals surface area contributed by atoms with E-state index in [-0.39, 0.29) is 11.7 Å². The van der Waals surface area contributed by atoms with Crippen LogP contribution in [0.3, 0.4) is 0 Å². The van der Waals surface area contributed by atoms with Crippen molar-refractivity contribution in [3.63, 3.8) is 0 Å². The van der Waals surface area contributed by atoms with E-state index in [4.69, 9.17) is 11.6 Å². The Hall–Kier alpha value is -2.13. The minimum atomic E-state index is -0.101. The molecule has 1 heterocycles. The first-order valence-corrected chi connectivity index (χ1v) is 6.80. The number of benzene rings is 2. The van der Waals surface area contributed by atoms with Crippen molar-refractivity contribution in [1.82, 2.24) is 5.43 Å². The Labute approximate surface area is 122 Å². The average Bonchev–Trinajstić information content (AvgIpc) is 2.97. The van der Waals surface area contributed by atoms with Gasteiger partial charge < -0.3 is 5.43 Å². The molecule has 20 heavy (non-hydrogen) atoms. The van der Waals surface area contributed by atoms with E-state index in [1.54, 1.807) is 12.1 Å². The van der Waals surface area contributed by atoms with Gasteiger partial charge >= 0.3 is 0 Å². The summed E-state index contributed by atoms with van der Waals surface area (Å²) in [6.07, 6.45) is 0. The monoisotopic (exact) mass is 284 g/mol. The maximum absolute atomic E-state index is 12.5. The highest BCUT2D eigenvalue weighted by atomic mass is 35.5. The predicted molar refractivity (Wildman–Crippen MR) is 80.4 cm³/mol. The highest BCUT2D eigenvalue weighted by molar-refractivity contribution is 6.48. The van der Waals surface area contributed by atoms with E-state index in [0.717, 1.165) is 5.56 Å². The Balaban J connectivity index is 1.94. The first-order chi connectivity index (χ1) is 9.77. The number of nitrogens with one attached hydrogen (secondary N) is 1. The molecular weight excluding hydrogens is 272 g/mol. The van der Waals surface area contributed by atoms with Gasteiger partial charge in [0.05, 0.1) is 5.92 Å². The first-order valence-electron chi connectivity index (χ1n) is 6.42. The third-order valence-corrected chi connectivity index (χ3v) is 3.72. The first kappa shape index (κ1) is 12.9. The van der Waals surface area contributed by atoms with Crippen LogP contribution in [0.1, 0.15) is 21.8 Å². The third kappa shape index (κ3) is 2.32. The number of halogens is 1. The molecule has 0 amide bonds. The zero-order valence-electron chi connectivity index (χ0n) is 10.7. The number of hydrogen-bond donors (Lipinski definition) is 1. The van der Waals surface area contributed by atoms with Crippen LogP contribution >= 0.6 is 11.6 Å². The van der Waals surface area contributed by atoms with E-state index >= 15 is 0 Å². The van der Waals surface area contributed by atoms with Gasteiger partial charge in [-0.3, -0.25) is 4.79 Å². The van der Waals surface area contributed by atoms with Gasteiger partial charge in [0.15, 0.2) is 0 Å². The van der Waals surface area contributed by atoms with Gasteiger partial charge in [-0.2, -0.15) is 5.10 Å². The van der Waals surface area contributed by atoms with Crippen molar-refractivity contribution in [3.05, 3.63) is 70.7 Å². The summed E-state index contributed by atoms with van der Waals surface area (Å²) in [7, 11) is 0. The van der Waals surface area contributed by atoms with E-state index in [2.05, 4.69) is 10.5 Å². The summed E-state index contributed by atoms with van der Waals surface area (Å²) < 4.78 is 0. The van der Waals surface area contributed by atoms with Crippen molar-refractivity contribution in [2.75, 3.05) is 6.54 Å². The molecule has 3 rings (SSSR count). The van der Waals surface area contributed by atoms with Crippen LogP contribution in [0.2, 0.25) is 5.02 Å². The molecule has 0 aliphatic carbocycles. The molecule has 4 heteroatoms. The lowest BCUT2D eigenvalue weighted by molar-refractivity contribution is 0.106. The summed E-state index contributed by atoms with van der Waals surface area (Å²) in [5.74, 6) is -0.156. The van der Waals surface area contributed by atoms with E-state index in [1.165, 1.54) is 0 Å². The summed E-state index contributed by atoms with van der Waals surface area (Å²) in [5.41, 5.74) is 5.00. The molecular formula is C16H13ClN2O. The highest BCUT2D eigenvalue weighted by Gasteiger charge is 2.30. The molecule has 0 saturated carbocycles. The van der Waals surface area contributed by atoms with Gasteiger partial charge in [-0.25, -0.2) is 0 Å². The fraction of sp³-hybridized carbons (Fsp3) is 0.125. The average molecular weight is 285 g/mol. The number of ketones is 1. The lowest BCUT2D eigenvalue weighted by atomic mass is 9.90. The third-order valence-electron chi connectivity index (χ3n) is 3.37. The van der Waals surface area contributed by atoms with Gasteiger partial charge in [0.1, 0.15) is 5.71 Å². The molecule has 3 nitrogen and oxygen atoms in total. The molecule has 0 spiro atoms. The Morgan fingerprint density at radius 3 is 2.55 bits per heavy atom. The van der Waals surface area contributed by atoms with E-state index < -0.39 is 0 Å². The van der Waals surface area contributed by atoms with Crippen LogP contribution in [0.15, 0.2) is 59.7 Å². The highest BCUT2D eigenvalue weighted by Crippen LogP contribution is 2.28. The van der Waals surface area contributed by atoms with Gasteiger partial charge in [-0.15, -0.1) is 0 Å². The summed E-state index contributed by atoms with van der Waals surface area (Å²) in [4.78, 5) is 12.5. The van der Waals surface area contributed by atoms with Crippen LogP contribution < -0.4 is 5.43 Å². The number of hydrazone groups is 1. The zero-order chi connectivity index (χ0) is 13.9. The molecule has 0 aromatic heterocycles. The summed E-state index contributed by atoms with van der Waals surface area (Å²) >= 11 is 6.23. The van der Waals surface area contributed by atoms with Crippen molar-refractivity contribution in [3.8, 4) is 0 Å². The molecule has 2 aromatic carbocycles. The minimum absolute atomic E-state index is 0.0551. The number of carbonyl (C=O) groups is 1. The summed E-state index contributed by atoms with van der Waals surface area (Å²) in [6, 6.07) is 16.7. The van der Waals surface area contributed by atoms with Crippen molar-refractivity contribution in [2.45, 2.75) is 5.92 Å². The number of hydrogen-bond acceptors (Lipinski definition) is 3. The maximum atomic E-state index is 12.5. The van der Waals surface area contributed by atoms with E-state index in [1.807, 2.05) is 42.5 Å². The maximum Gasteiger partial charge on any atom is 0.209 e. The Morgan fingerprint density at radius 2 is 1.80 bits per heavy atom. The normalized spacial score (nSPS) is 17.4. The van der Waals surface area contributed by atoms with E-state index in [0.29, 0.717) is 22.8 Å². The fourth-order valence-electron chi connectivity index (χ4n) is 2.36. The van der Waals surface area contributed by atoms with Gasteiger partial charge in [0.2, 0.25) is 5.78 Å². The van der Waals surface area contributed by atoms with Crippen molar-refractivity contribution in [2.24, 2.45) is 5.10 Å². The second-order valence-electron chi connectivity index (χ2n) is 4.63. The van der Waals surface area contributed by atoms with Crippen LogP contribution in [0, 0.1) is 0 Å². The molecule has 0 saturated heterocycles. The molecule has 0 radical (unpaired) electrons. The van der Waals surface area contributed by atoms with Gasteiger partial charge in [-0.05, 0) is 11.6 Å². The van der Waals surface area contributed by atoms with Crippen LogP contribution in [0.25, 0.3) is 0 Å². The predicted octanol–water partition coefficient (Wildman–Crippen LogP) is 3.27. The number of carbonyl (C=O) groups excluding carboxylic acids is 1. The van der Waals surface area contributed by atoms with Crippen LogP contribution in [-0.4, -0.2) is 18.0 Å². The molecule has 1 aliphatic heterocycles. The van der Waals surface area contributed by atoms with Crippen LogP contribution in [-0.2, 0) is 0 Å². The quantitative estimate of drug-likeness (QED) is 0.879. The fourth-order valence-corrected chi connectivity index (χ4v) is 2.63. The summed E-state index contributed by atoms with van der Waals surface area (Å²) in [6.45, 7) is 0.595. The molecule has 1 atom stereocenters. The van der Waals surface area contributed by atoms with Crippen LogP contribution in [0.5, 0.6) is 0 Å².